The zero-order valence-corrected chi connectivity index (χ0v) is 8.30. The van der Waals surface area contributed by atoms with Crippen molar-refractivity contribution in [3.05, 3.63) is 12.2 Å². The molecule has 1 spiro atoms. The molecular weight excluding hydrogens is 164 g/mol. The molecule has 0 bridgehead atoms. The van der Waals surface area contributed by atoms with Crippen molar-refractivity contribution < 1.29 is 9.53 Å². The van der Waals surface area contributed by atoms with Crippen molar-refractivity contribution in [3.8, 4) is 0 Å². The summed E-state index contributed by atoms with van der Waals surface area (Å²) < 4.78 is 5.37. The van der Waals surface area contributed by atoms with Crippen LogP contribution >= 0.6 is 0 Å². The van der Waals surface area contributed by atoms with E-state index in [1.165, 1.54) is 0 Å². The molecule has 1 saturated heterocycles. The fourth-order valence-corrected chi connectivity index (χ4v) is 2.52. The third kappa shape index (κ3) is 1.38. The lowest BCUT2D eigenvalue weighted by Crippen LogP contribution is -2.27. The monoisotopic (exact) mass is 180 g/mol. The van der Waals surface area contributed by atoms with Crippen LogP contribution in [0.1, 0.15) is 39.5 Å². The quantitative estimate of drug-likeness (QED) is 0.423. The topological polar surface area (TPSA) is 26.3 Å². The maximum Gasteiger partial charge on any atom is 0.313 e. The summed E-state index contributed by atoms with van der Waals surface area (Å²) in [6.45, 7) is 4.00. The van der Waals surface area contributed by atoms with Crippen LogP contribution in [0.25, 0.3) is 0 Å². The van der Waals surface area contributed by atoms with Gasteiger partial charge in [-0.15, -0.1) is 0 Å². The van der Waals surface area contributed by atoms with Crippen LogP contribution in [-0.2, 0) is 9.53 Å². The number of allylic oxidation sites excluding steroid dienone is 2. The Balaban J connectivity index is 2.24. The second-order valence-corrected chi connectivity index (χ2v) is 4.82. The van der Waals surface area contributed by atoms with Gasteiger partial charge in [0, 0.05) is 6.42 Å². The first-order valence-electron chi connectivity index (χ1n) is 4.93. The summed E-state index contributed by atoms with van der Waals surface area (Å²) in [6, 6.07) is 0. The second kappa shape index (κ2) is 2.60. The highest BCUT2D eigenvalue weighted by molar-refractivity contribution is 5.80. The van der Waals surface area contributed by atoms with Crippen LogP contribution in [-0.4, -0.2) is 11.6 Å². The van der Waals surface area contributed by atoms with Gasteiger partial charge in [0.15, 0.2) is 0 Å². The molecule has 0 amide bonds. The van der Waals surface area contributed by atoms with Crippen molar-refractivity contribution in [3.63, 3.8) is 0 Å². The molecule has 0 radical (unpaired) electrons. The minimum atomic E-state index is -0.248. The number of hydrogen-bond acceptors (Lipinski definition) is 2. The average Bonchev–Trinajstić information content (AvgIpc) is 2.23. The lowest BCUT2D eigenvalue weighted by molar-refractivity contribution is -0.152. The van der Waals surface area contributed by atoms with Crippen molar-refractivity contribution in [2.45, 2.75) is 45.1 Å². The van der Waals surface area contributed by atoms with E-state index < -0.39 is 0 Å². The van der Waals surface area contributed by atoms with E-state index in [1.54, 1.807) is 0 Å². The van der Waals surface area contributed by atoms with E-state index in [0.29, 0.717) is 0 Å². The summed E-state index contributed by atoms with van der Waals surface area (Å²) >= 11 is 0. The Morgan fingerprint density at radius 3 is 2.62 bits per heavy atom. The normalized spacial score (nSPS) is 36.6. The standard InChI is InChI=1S/C11H16O2/c1-10(2)8-11(9(12)13-10)6-4-3-5-7-11/h3-4H,5-8H2,1-2H3. The smallest absolute Gasteiger partial charge is 0.313 e. The van der Waals surface area contributed by atoms with Gasteiger partial charge in [-0.05, 0) is 33.1 Å². The van der Waals surface area contributed by atoms with Crippen molar-refractivity contribution in [2.75, 3.05) is 0 Å². The zero-order chi connectivity index (χ0) is 9.53. The first kappa shape index (κ1) is 8.79. The molecule has 1 aliphatic heterocycles. The van der Waals surface area contributed by atoms with E-state index in [9.17, 15) is 4.79 Å². The van der Waals surface area contributed by atoms with Crippen LogP contribution in [0.2, 0.25) is 0 Å². The molecule has 0 aromatic heterocycles. The van der Waals surface area contributed by atoms with Crippen LogP contribution in [0.3, 0.4) is 0 Å². The van der Waals surface area contributed by atoms with Crippen LogP contribution in [0, 0.1) is 5.41 Å². The summed E-state index contributed by atoms with van der Waals surface area (Å²) in [6.07, 6.45) is 8.01. The predicted octanol–water partition coefficient (Wildman–Crippen LogP) is 2.44. The van der Waals surface area contributed by atoms with Gasteiger partial charge in [-0.1, -0.05) is 12.2 Å². The van der Waals surface area contributed by atoms with Gasteiger partial charge in [0.1, 0.15) is 5.60 Å². The molecule has 1 aliphatic carbocycles. The molecule has 0 N–H and O–H groups in total. The Kier molecular flexibility index (Phi) is 1.76. The van der Waals surface area contributed by atoms with Gasteiger partial charge in [0.25, 0.3) is 0 Å². The fourth-order valence-electron chi connectivity index (χ4n) is 2.52. The first-order chi connectivity index (χ1) is 6.04. The van der Waals surface area contributed by atoms with E-state index in [2.05, 4.69) is 12.2 Å². The third-order valence-electron chi connectivity index (χ3n) is 3.03. The van der Waals surface area contributed by atoms with Gasteiger partial charge >= 0.3 is 5.97 Å². The van der Waals surface area contributed by atoms with Gasteiger partial charge in [-0.2, -0.15) is 0 Å². The van der Waals surface area contributed by atoms with Crippen LogP contribution < -0.4 is 0 Å². The van der Waals surface area contributed by atoms with Gasteiger partial charge in [0.05, 0.1) is 5.41 Å². The molecule has 0 saturated carbocycles. The number of hydrogen-bond donors (Lipinski definition) is 0. The molecule has 2 nitrogen and oxygen atoms in total. The van der Waals surface area contributed by atoms with Crippen molar-refractivity contribution in [2.24, 2.45) is 5.41 Å². The Hall–Kier alpha value is -0.790. The summed E-state index contributed by atoms with van der Waals surface area (Å²) in [5.41, 5.74) is -0.430. The Morgan fingerprint density at radius 2 is 2.15 bits per heavy atom. The molecule has 2 aliphatic rings. The minimum absolute atomic E-state index is 0.0156. The minimum Gasteiger partial charge on any atom is -0.459 e. The van der Waals surface area contributed by atoms with Crippen LogP contribution in [0.15, 0.2) is 12.2 Å². The van der Waals surface area contributed by atoms with Gasteiger partial charge in [-0.3, -0.25) is 4.79 Å². The number of cyclic esters (lactones) is 1. The molecule has 72 valence electrons. The Bertz CT molecular complexity index is 265. The lowest BCUT2D eigenvalue weighted by atomic mass is 9.73. The lowest BCUT2D eigenvalue weighted by Gasteiger charge is -2.26. The molecule has 2 heteroatoms. The maximum absolute atomic E-state index is 11.7. The molecule has 2 rings (SSSR count). The number of carbonyl (C=O) groups excluding carboxylic acids is 1. The highest BCUT2D eigenvalue weighted by atomic mass is 16.6. The van der Waals surface area contributed by atoms with Gasteiger partial charge in [0.2, 0.25) is 0 Å². The van der Waals surface area contributed by atoms with Crippen LogP contribution in [0.4, 0.5) is 0 Å². The number of rotatable bonds is 0. The van der Waals surface area contributed by atoms with Gasteiger partial charge < -0.3 is 4.74 Å². The largest absolute Gasteiger partial charge is 0.459 e. The zero-order valence-electron chi connectivity index (χ0n) is 8.30. The summed E-state index contributed by atoms with van der Waals surface area (Å²) in [5, 5.41) is 0. The first-order valence-corrected chi connectivity index (χ1v) is 4.93. The predicted molar refractivity (Wildman–Crippen MR) is 50.2 cm³/mol. The molecule has 1 unspecified atom stereocenters. The molecule has 0 aromatic rings. The highest BCUT2D eigenvalue weighted by Crippen LogP contribution is 2.47. The second-order valence-electron chi connectivity index (χ2n) is 4.82. The summed E-state index contributed by atoms with van der Waals surface area (Å²) in [4.78, 5) is 11.7. The Labute approximate surface area is 79.0 Å². The average molecular weight is 180 g/mol. The molecular formula is C11H16O2. The molecule has 0 aromatic carbocycles. The highest BCUT2D eigenvalue weighted by Gasteiger charge is 2.51. The molecule has 1 fully saturated rings. The van der Waals surface area contributed by atoms with Crippen molar-refractivity contribution >= 4 is 5.97 Å². The summed E-state index contributed by atoms with van der Waals surface area (Å²) in [5.74, 6) is 0.0156. The maximum atomic E-state index is 11.7. The molecule has 1 heterocycles. The number of carbonyl (C=O) groups is 1. The van der Waals surface area contributed by atoms with Crippen LogP contribution in [0.5, 0.6) is 0 Å². The fraction of sp³-hybridized carbons (Fsp3) is 0.727. The van der Waals surface area contributed by atoms with E-state index in [0.717, 1.165) is 25.7 Å². The Morgan fingerprint density at radius 1 is 1.38 bits per heavy atom. The van der Waals surface area contributed by atoms with Crippen molar-refractivity contribution in [1.29, 1.82) is 0 Å². The van der Waals surface area contributed by atoms with Crippen molar-refractivity contribution in [1.82, 2.24) is 0 Å². The number of esters is 1. The number of ether oxygens (including phenoxy) is 1. The van der Waals surface area contributed by atoms with E-state index in [4.69, 9.17) is 4.74 Å². The third-order valence-corrected chi connectivity index (χ3v) is 3.03. The summed E-state index contributed by atoms with van der Waals surface area (Å²) in [7, 11) is 0. The molecule has 1 atom stereocenters. The van der Waals surface area contributed by atoms with E-state index >= 15 is 0 Å². The SMILES string of the molecule is CC1(C)CC2(CC=CCC2)C(=O)O1. The van der Waals surface area contributed by atoms with Gasteiger partial charge in [-0.25, -0.2) is 0 Å². The molecule has 13 heavy (non-hydrogen) atoms. The van der Waals surface area contributed by atoms with E-state index in [-0.39, 0.29) is 17.0 Å². The van der Waals surface area contributed by atoms with E-state index in [1.807, 2.05) is 13.8 Å².